The summed E-state index contributed by atoms with van der Waals surface area (Å²) in [4.78, 5) is 11.3. The van der Waals surface area contributed by atoms with Crippen LogP contribution >= 0.6 is 0 Å². The Hall–Kier alpha value is -2.67. The van der Waals surface area contributed by atoms with E-state index in [0.29, 0.717) is 5.92 Å². The van der Waals surface area contributed by atoms with E-state index in [-0.39, 0.29) is 11.7 Å². The average Bonchev–Trinajstić information content (AvgIpc) is 3.17. The quantitative estimate of drug-likeness (QED) is 0.561. The Labute approximate surface area is 157 Å². The van der Waals surface area contributed by atoms with Crippen molar-refractivity contribution >= 4 is 11.4 Å². The Morgan fingerprint density at radius 3 is 1.54 bits per heavy atom. The first-order valence-corrected chi connectivity index (χ1v) is 9.24. The van der Waals surface area contributed by atoms with Crippen molar-refractivity contribution in [2.24, 2.45) is 11.8 Å². The molecule has 1 nitrogen and oxygen atoms in total. The fraction of sp³-hybridized carbons (Fsp3) is 0.240. The van der Waals surface area contributed by atoms with Crippen LogP contribution < -0.4 is 0 Å². The van der Waals surface area contributed by atoms with E-state index < -0.39 is 0 Å². The standard InChI is InChI=1S/C15H16.C10H12O/c1-12(2)15(14-10-6-7-11-14)13-8-4-3-5-9-13;1-8(2)10(11)9-6-4-3-5-7-9/h3-12H,1-2H3;3-8H,1-2H3. The Morgan fingerprint density at radius 2 is 1.12 bits per heavy atom. The van der Waals surface area contributed by atoms with Crippen molar-refractivity contribution in [2.75, 3.05) is 0 Å². The van der Waals surface area contributed by atoms with Gasteiger partial charge < -0.3 is 0 Å². The van der Waals surface area contributed by atoms with Crippen LogP contribution in [0.1, 0.15) is 43.6 Å². The zero-order valence-corrected chi connectivity index (χ0v) is 16.1. The van der Waals surface area contributed by atoms with Crippen molar-refractivity contribution in [3.05, 3.63) is 102 Å². The summed E-state index contributed by atoms with van der Waals surface area (Å²) >= 11 is 0. The van der Waals surface area contributed by atoms with Gasteiger partial charge in [0, 0.05) is 11.5 Å². The predicted molar refractivity (Wildman–Crippen MR) is 112 cm³/mol. The van der Waals surface area contributed by atoms with E-state index in [1.165, 1.54) is 16.7 Å². The topological polar surface area (TPSA) is 17.1 Å². The Bertz CT molecular complexity index is 777. The molecule has 0 saturated heterocycles. The van der Waals surface area contributed by atoms with Crippen molar-refractivity contribution in [3.8, 4) is 0 Å². The van der Waals surface area contributed by atoms with Crippen LogP contribution in [0.2, 0.25) is 0 Å². The van der Waals surface area contributed by atoms with E-state index in [2.05, 4.69) is 68.5 Å². The van der Waals surface area contributed by atoms with Crippen LogP contribution in [0, 0.1) is 11.8 Å². The van der Waals surface area contributed by atoms with Gasteiger partial charge in [0.15, 0.2) is 5.78 Å². The summed E-state index contributed by atoms with van der Waals surface area (Å²) in [6.45, 7) is 8.31. The van der Waals surface area contributed by atoms with Gasteiger partial charge in [0.05, 0.1) is 0 Å². The maximum Gasteiger partial charge on any atom is 0.165 e. The summed E-state index contributed by atoms with van der Waals surface area (Å²) in [5.41, 5.74) is 4.91. The van der Waals surface area contributed by atoms with Gasteiger partial charge in [-0.25, -0.2) is 0 Å². The van der Waals surface area contributed by atoms with Gasteiger partial charge in [0.25, 0.3) is 0 Å². The van der Waals surface area contributed by atoms with Gasteiger partial charge in [0.1, 0.15) is 0 Å². The SMILES string of the molecule is CC(C)C(=C1C=CC=C1)c1ccccc1.CC(C)C(=O)c1ccccc1. The molecule has 0 fully saturated rings. The smallest absolute Gasteiger partial charge is 0.165 e. The lowest BCUT2D eigenvalue weighted by Crippen LogP contribution is -2.06. The zero-order valence-electron chi connectivity index (χ0n) is 16.1. The van der Waals surface area contributed by atoms with Crippen LogP contribution in [0.3, 0.4) is 0 Å². The van der Waals surface area contributed by atoms with Gasteiger partial charge in [-0.1, -0.05) is 113 Å². The number of Topliss-reactive ketones (excluding diaryl/α,β-unsaturated/α-hetero) is 1. The molecule has 0 heterocycles. The van der Waals surface area contributed by atoms with Gasteiger partial charge in [-0.15, -0.1) is 0 Å². The van der Waals surface area contributed by atoms with Crippen LogP contribution in [0.5, 0.6) is 0 Å². The lowest BCUT2D eigenvalue weighted by Gasteiger charge is -2.14. The Balaban J connectivity index is 0.000000197. The number of carbonyl (C=O) groups excluding carboxylic acids is 1. The van der Waals surface area contributed by atoms with Gasteiger partial charge in [-0.2, -0.15) is 0 Å². The van der Waals surface area contributed by atoms with E-state index in [9.17, 15) is 4.79 Å². The maximum absolute atomic E-state index is 11.3. The third kappa shape index (κ3) is 5.42. The Kier molecular flexibility index (Phi) is 7.35. The first-order chi connectivity index (χ1) is 12.5. The van der Waals surface area contributed by atoms with Crippen molar-refractivity contribution in [1.82, 2.24) is 0 Å². The molecule has 0 aromatic heterocycles. The molecule has 26 heavy (non-hydrogen) atoms. The molecule has 0 spiro atoms. The molecule has 0 atom stereocenters. The second kappa shape index (κ2) is 9.72. The number of hydrogen-bond donors (Lipinski definition) is 0. The number of hydrogen-bond acceptors (Lipinski definition) is 1. The van der Waals surface area contributed by atoms with Crippen LogP contribution in [0.15, 0.2) is 90.5 Å². The molecule has 0 unspecified atom stereocenters. The average molecular weight is 344 g/mol. The summed E-state index contributed by atoms with van der Waals surface area (Å²) in [7, 11) is 0. The molecule has 0 saturated carbocycles. The molecule has 3 rings (SSSR count). The summed E-state index contributed by atoms with van der Waals surface area (Å²) in [5.74, 6) is 0.859. The molecule has 0 bridgehead atoms. The minimum Gasteiger partial charge on any atom is -0.294 e. The highest BCUT2D eigenvalue weighted by molar-refractivity contribution is 5.97. The highest BCUT2D eigenvalue weighted by Crippen LogP contribution is 2.29. The fourth-order valence-corrected chi connectivity index (χ4v) is 2.94. The van der Waals surface area contributed by atoms with Crippen LogP contribution in [0.25, 0.3) is 5.57 Å². The highest BCUT2D eigenvalue weighted by atomic mass is 16.1. The van der Waals surface area contributed by atoms with Gasteiger partial charge in [-0.3, -0.25) is 4.79 Å². The van der Waals surface area contributed by atoms with E-state index in [1.54, 1.807) is 0 Å². The minimum atomic E-state index is 0.0948. The van der Waals surface area contributed by atoms with Crippen LogP contribution in [-0.4, -0.2) is 5.78 Å². The lowest BCUT2D eigenvalue weighted by molar-refractivity contribution is 0.0939. The highest BCUT2D eigenvalue weighted by Gasteiger charge is 2.10. The van der Waals surface area contributed by atoms with Gasteiger partial charge in [0.2, 0.25) is 0 Å². The molecule has 134 valence electrons. The van der Waals surface area contributed by atoms with E-state index in [0.717, 1.165) is 5.56 Å². The summed E-state index contributed by atoms with van der Waals surface area (Å²) in [5, 5.41) is 0. The third-order valence-corrected chi connectivity index (χ3v) is 4.22. The van der Waals surface area contributed by atoms with E-state index >= 15 is 0 Å². The predicted octanol–water partition coefficient (Wildman–Crippen LogP) is 6.75. The normalized spacial score (nSPS) is 12.3. The van der Waals surface area contributed by atoms with Gasteiger partial charge >= 0.3 is 0 Å². The number of benzene rings is 2. The fourth-order valence-electron chi connectivity index (χ4n) is 2.94. The summed E-state index contributed by atoms with van der Waals surface area (Å²) < 4.78 is 0. The monoisotopic (exact) mass is 344 g/mol. The molecule has 0 N–H and O–H groups in total. The van der Waals surface area contributed by atoms with E-state index in [1.807, 2.05) is 44.2 Å². The number of rotatable bonds is 4. The lowest BCUT2D eigenvalue weighted by atomic mass is 9.91. The summed E-state index contributed by atoms with van der Waals surface area (Å²) in [6, 6.07) is 20.0. The molecule has 1 heteroatoms. The number of carbonyl (C=O) groups is 1. The minimum absolute atomic E-state index is 0.0948. The largest absolute Gasteiger partial charge is 0.294 e. The van der Waals surface area contributed by atoms with Gasteiger partial charge in [-0.05, 0) is 22.6 Å². The number of ketones is 1. The molecule has 0 amide bonds. The Morgan fingerprint density at radius 1 is 0.654 bits per heavy atom. The van der Waals surface area contributed by atoms with Crippen molar-refractivity contribution in [1.29, 1.82) is 0 Å². The molecule has 2 aromatic carbocycles. The van der Waals surface area contributed by atoms with Crippen molar-refractivity contribution < 1.29 is 4.79 Å². The zero-order chi connectivity index (χ0) is 18.9. The molecular weight excluding hydrogens is 316 g/mol. The first-order valence-electron chi connectivity index (χ1n) is 9.24. The van der Waals surface area contributed by atoms with Crippen molar-refractivity contribution in [3.63, 3.8) is 0 Å². The molecule has 0 radical (unpaired) electrons. The molecular formula is C25H28O. The molecule has 2 aromatic rings. The number of allylic oxidation sites excluding steroid dienone is 6. The first kappa shape index (κ1) is 19.7. The van der Waals surface area contributed by atoms with Crippen LogP contribution in [-0.2, 0) is 0 Å². The summed E-state index contributed by atoms with van der Waals surface area (Å²) in [6.07, 6.45) is 8.56. The maximum atomic E-state index is 11.3. The molecule has 1 aliphatic rings. The molecule has 1 aliphatic carbocycles. The van der Waals surface area contributed by atoms with Crippen LogP contribution in [0.4, 0.5) is 0 Å². The second-order valence-corrected chi connectivity index (χ2v) is 6.99. The van der Waals surface area contributed by atoms with Crippen molar-refractivity contribution in [2.45, 2.75) is 27.7 Å². The van der Waals surface area contributed by atoms with E-state index in [4.69, 9.17) is 0 Å². The molecule has 0 aliphatic heterocycles. The third-order valence-electron chi connectivity index (χ3n) is 4.22. The second-order valence-electron chi connectivity index (χ2n) is 6.99.